The molecule has 0 radical (unpaired) electrons. The lowest BCUT2D eigenvalue weighted by atomic mass is 10.1. The smallest absolute Gasteiger partial charge is 0.303 e. The first-order chi connectivity index (χ1) is 14.1. The highest BCUT2D eigenvalue weighted by Crippen LogP contribution is 2.35. The number of hydrogen-bond acceptors (Lipinski definition) is 6. The lowest BCUT2D eigenvalue weighted by Crippen LogP contribution is -2.04. The van der Waals surface area contributed by atoms with E-state index in [9.17, 15) is 4.79 Å². The normalized spacial score (nSPS) is 10.3. The molecule has 6 nitrogen and oxygen atoms in total. The van der Waals surface area contributed by atoms with Crippen LogP contribution in [0.3, 0.4) is 0 Å². The molecule has 3 aromatic rings. The molecular formula is C23H23NO5. The van der Waals surface area contributed by atoms with Gasteiger partial charge in [-0.2, -0.15) is 0 Å². The van der Waals surface area contributed by atoms with E-state index in [4.69, 9.17) is 18.9 Å². The zero-order valence-corrected chi connectivity index (χ0v) is 16.7. The number of benzene rings is 2. The van der Waals surface area contributed by atoms with Crippen molar-refractivity contribution < 1.29 is 23.7 Å². The zero-order chi connectivity index (χ0) is 20.6. The van der Waals surface area contributed by atoms with Crippen LogP contribution in [-0.2, 0) is 22.7 Å². The molecule has 0 aliphatic carbocycles. The molecule has 150 valence electrons. The maximum Gasteiger partial charge on any atom is 0.303 e. The molecule has 0 saturated heterocycles. The molecule has 3 rings (SSSR count). The molecule has 0 aliphatic heterocycles. The van der Waals surface area contributed by atoms with E-state index in [0.29, 0.717) is 29.5 Å². The van der Waals surface area contributed by atoms with Gasteiger partial charge in [-0.1, -0.05) is 24.3 Å². The van der Waals surface area contributed by atoms with Crippen molar-refractivity contribution in [1.29, 1.82) is 0 Å². The molecule has 0 bridgehead atoms. The average Bonchev–Trinajstić information content (AvgIpc) is 2.76. The van der Waals surface area contributed by atoms with Gasteiger partial charge in [-0.15, -0.1) is 0 Å². The third kappa shape index (κ3) is 5.25. The minimum atomic E-state index is -0.356. The monoisotopic (exact) mass is 393 g/mol. The lowest BCUT2D eigenvalue weighted by molar-refractivity contribution is -0.142. The van der Waals surface area contributed by atoms with Crippen LogP contribution >= 0.6 is 0 Å². The second-order valence-corrected chi connectivity index (χ2v) is 6.27. The molecule has 0 saturated carbocycles. The summed E-state index contributed by atoms with van der Waals surface area (Å²) in [5.41, 5.74) is 3.05. The minimum absolute atomic E-state index is 0.0935. The summed E-state index contributed by atoms with van der Waals surface area (Å²) < 4.78 is 21.8. The number of ether oxygens (including phenoxy) is 4. The van der Waals surface area contributed by atoms with Gasteiger partial charge in [-0.3, -0.25) is 4.79 Å². The summed E-state index contributed by atoms with van der Waals surface area (Å²) in [6.07, 6.45) is 0. The molecule has 0 spiro atoms. The first kappa shape index (κ1) is 20.2. The van der Waals surface area contributed by atoms with Gasteiger partial charge in [0.1, 0.15) is 36.2 Å². The molecule has 1 heterocycles. The Bertz CT molecular complexity index is 969. The van der Waals surface area contributed by atoms with Crippen LogP contribution in [0.2, 0.25) is 0 Å². The Hall–Kier alpha value is -3.54. The van der Waals surface area contributed by atoms with Gasteiger partial charge in [0, 0.05) is 12.5 Å². The fraction of sp³-hybridized carbons (Fsp3) is 0.217. The van der Waals surface area contributed by atoms with Gasteiger partial charge in [-0.05, 0) is 42.0 Å². The Morgan fingerprint density at radius 3 is 2.31 bits per heavy atom. The summed E-state index contributed by atoms with van der Waals surface area (Å²) in [7, 11) is 3.24. The van der Waals surface area contributed by atoms with Crippen molar-refractivity contribution in [1.82, 2.24) is 4.98 Å². The van der Waals surface area contributed by atoms with Crippen molar-refractivity contribution in [2.45, 2.75) is 20.1 Å². The fourth-order valence-electron chi connectivity index (χ4n) is 2.78. The van der Waals surface area contributed by atoms with Gasteiger partial charge in [0.05, 0.1) is 19.9 Å². The van der Waals surface area contributed by atoms with Crippen LogP contribution in [-0.4, -0.2) is 25.2 Å². The predicted octanol–water partition coefficient (Wildman–Crippen LogP) is 4.41. The number of carbonyl (C=O) groups excluding carboxylic acids is 1. The highest BCUT2D eigenvalue weighted by molar-refractivity contribution is 5.72. The topological polar surface area (TPSA) is 66.9 Å². The number of methoxy groups -OCH3 is 2. The number of aromatic nitrogens is 1. The summed E-state index contributed by atoms with van der Waals surface area (Å²) >= 11 is 0. The van der Waals surface area contributed by atoms with E-state index in [-0.39, 0.29) is 12.6 Å². The highest BCUT2D eigenvalue weighted by atomic mass is 16.5. The molecule has 29 heavy (non-hydrogen) atoms. The number of carbonyl (C=O) groups is 1. The van der Waals surface area contributed by atoms with E-state index in [1.165, 1.54) is 6.92 Å². The largest absolute Gasteiger partial charge is 0.497 e. The van der Waals surface area contributed by atoms with E-state index >= 15 is 0 Å². The number of hydrogen-bond donors (Lipinski definition) is 0. The Labute approximate surface area is 170 Å². The van der Waals surface area contributed by atoms with Crippen LogP contribution in [0, 0.1) is 0 Å². The fourth-order valence-corrected chi connectivity index (χ4v) is 2.78. The third-order valence-corrected chi connectivity index (χ3v) is 4.25. The number of para-hydroxylation sites is 1. The van der Waals surface area contributed by atoms with Crippen LogP contribution < -0.4 is 14.2 Å². The summed E-state index contributed by atoms with van der Waals surface area (Å²) in [5, 5.41) is 0. The number of rotatable bonds is 8. The van der Waals surface area contributed by atoms with E-state index in [0.717, 1.165) is 16.9 Å². The summed E-state index contributed by atoms with van der Waals surface area (Å²) in [5.74, 6) is 1.72. The molecule has 1 aromatic heterocycles. The van der Waals surface area contributed by atoms with E-state index in [1.54, 1.807) is 20.3 Å². The number of pyridine rings is 1. The SMILES string of the molecule is COc1ccc(COc2ccc(COC(C)=O)nc2-c2ccccc2OC)cc1. The van der Waals surface area contributed by atoms with Crippen molar-refractivity contribution >= 4 is 5.97 Å². The first-order valence-corrected chi connectivity index (χ1v) is 9.13. The molecule has 6 heteroatoms. The Kier molecular flexibility index (Phi) is 6.68. The number of esters is 1. The maximum absolute atomic E-state index is 11.1. The van der Waals surface area contributed by atoms with Crippen LogP contribution in [0.15, 0.2) is 60.7 Å². The zero-order valence-electron chi connectivity index (χ0n) is 16.7. The highest BCUT2D eigenvalue weighted by Gasteiger charge is 2.15. The van der Waals surface area contributed by atoms with Crippen LogP contribution in [0.4, 0.5) is 0 Å². The van der Waals surface area contributed by atoms with Gasteiger partial charge >= 0.3 is 5.97 Å². The van der Waals surface area contributed by atoms with Gasteiger partial charge < -0.3 is 18.9 Å². The van der Waals surface area contributed by atoms with E-state index in [1.807, 2.05) is 54.6 Å². The summed E-state index contributed by atoms with van der Waals surface area (Å²) in [6.45, 7) is 1.83. The molecule has 0 aliphatic rings. The Balaban J connectivity index is 1.90. The van der Waals surface area contributed by atoms with Crippen LogP contribution in [0.1, 0.15) is 18.2 Å². The first-order valence-electron chi connectivity index (χ1n) is 9.13. The number of nitrogens with zero attached hydrogens (tertiary/aromatic N) is 1. The van der Waals surface area contributed by atoms with E-state index in [2.05, 4.69) is 4.98 Å². The quantitative estimate of drug-likeness (QED) is 0.528. The minimum Gasteiger partial charge on any atom is -0.497 e. The summed E-state index contributed by atoms with van der Waals surface area (Å²) in [6, 6.07) is 18.9. The maximum atomic E-state index is 11.1. The molecule has 2 aromatic carbocycles. The van der Waals surface area contributed by atoms with Crippen molar-refractivity contribution in [3.8, 4) is 28.5 Å². The predicted molar refractivity (Wildman–Crippen MR) is 109 cm³/mol. The standard InChI is InChI=1S/C23H23NO5/c1-16(25)28-15-18-10-13-22(29-14-17-8-11-19(26-2)12-9-17)23(24-18)20-6-4-5-7-21(20)27-3/h4-13H,14-15H2,1-3H3. The third-order valence-electron chi connectivity index (χ3n) is 4.25. The van der Waals surface area contributed by atoms with Crippen molar-refractivity contribution in [3.63, 3.8) is 0 Å². The second-order valence-electron chi connectivity index (χ2n) is 6.27. The van der Waals surface area contributed by atoms with Crippen molar-refractivity contribution in [3.05, 3.63) is 71.9 Å². The van der Waals surface area contributed by atoms with Gasteiger partial charge in [-0.25, -0.2) is 4.98 Å². The Morgan fingerprint density at radius 2 is 1.62 bits per heavy atom. The molecule has 0 atom stereocenters. The van der Waals surface area contributed by atoms with Crippen LogP contribution in [0.5, 0.6) is 17.2 Å². The van der Waals surface area contributed by atoms with Gasteiger partial charge in [0.15, 0.2) is 0 Å². The second kappa shape index (κ2) is 9.59. The van der Waals surface area contributed by atoms with E-state index < -0.39 is 0 Å². The molecule has 0 N–H and O–H groups in total. The summed E-state index contributed by atoms with van der Waals surface area (Å²) in [4.78, 5) is 15.8. The van der Waals surface area contributed by atoms with Crippen LogP contribution in [0.25, 0.3) is 11.3 Å². The van der Waals surface area contributed by atoms with Crippen molar-refractivity contribution in [2.75, 3.05) is 14.2 Å². The lowest BCUT2D eigenvalue weighted by Gasteiger charge is -2.15. The Morgan fingerprint density at radius 1 is 0.862 bits per heavy atom. The van der Waals surface area contributed by atoms with Gasteiger partial charge in [0.25, 0.3) is 0 Å². The molecule has 0 fully saturated rings. The van der Waals surface area contributed by atoms with Gasteiger partial charge in [0.2, 0.25) is 0 Å². The molecular weight excluding hydrogens is 370 g/mol. The molecule has 0 amide bonds. The molecule has 0 unspecified atom stereocenters. The average molecular weight is 393 g/mol. The van der Waals surface area contributed by atoms with Crippen molar-refractivity contribution in [2.24, 2.45) is 0 Å².